The summed E-state index contributed by atoms with van der Waals surface area (Å²) in [6, 6.07) is 0. The number of anilines is 1. The smallest absolute Gasteiger partial charge is 0.245 e. The molecule has 0 radical (unpaired) electrons. The largest absolute Gasteiger partial charge is 0.317 e. The molecule has 5 nitrogen and oxygen atoms in total. The third-order valence-corrected chi connectivity index (χ3v) is 2.88. The van der Waals surface area contributed by atoms with Crippen LogP contribution in [0.15, 0.2) is 6.20 Å². The third-order valence-electron chi connectivity index (χ3n) is 2.30. The van der Waals surface area contributed by atoms with E-state index in [1.165, 1.54) is 6.20 Å². The molecule has 1 aromatic rings. The molecule has 13 heavy (non-hydrogen) atoms. The van der Waals surface area contributed by atoms with Gasteiger partial charge in [-0.2, -0.15) is 0 Å². The van der Waals surface area contributed by atoms with Crippen LogP contribution in [0.25, 0.3) is 0 Å². The normalized spacial score (nSPS) is 19.2. The van der Waals surface area contributed by atoms with Crippen molar-refractivity contribution < 1.29 is 4.79 Å². The van der Waals surface area contributed by atoms with Gasteiger partial charge >= 0.3 is 0 Å². The minimum absolute atomic E-state index is 0.121. The van der Waals surface area contributed by atoms with Crippen LogP contribution in [0.1, 0.15) is 19.3 Å². The standard InChI is InChI=1S/C7H10N4OS/c8-7(2-1-3-7)6(12)10-5-4-9-11-13-5/h4H,1-3,8H2,(H,10,12). The molecule has 0 saturated heterocycles. The Balaban J connectivity index is 1.99. The van der Waals surface area contributed by atoms with E-state index in [1.807, 2.05) is 0 Å². The van der Waals surface area contributed by atoms with Gasteiger partial charge in [-0.05, 0) is 19.3 Å². The monoisotopic (exact) mass is 198 g/mol. The minimum Gasteiger partial charge on any atom is -0.317 e. The van der Waals surface area contributed by atoms with Crippen LogP contribution in [0.4, 0.5) is 5.00 Å². The number of rotatable bonds is 2. The van der Waals surface area contributed by atoms with Crippen LogP contribution in [0, 0.1) is 0 Å². The first-order chi connectivity index (χ1) is 6.21. The molecule has 0 bridgehead atoms. The zero-order valence-corrected chi connectivity index (χ0v) is 7.80. The van der Waals surface area contributed by atoms with Gasteiger partial charge in [0.15, 0.2) is 0 Å². The van der Waals surface area contributed by atoms with Crippen molar-refractivity contribution in [3.8, 4) is 0 Å². The Morgan fingerprint density at radius 1 is 1.69 bits per heavy atom. The van der Waals surface area contributed by atoms with Crippen LogP contribution in [0.2, 0.25) is 0 Å². The predicted octanol–water partition coefficient (Wildman–Crippen LogP) is 0.358. The van der Waals surface area contributed by atoms with Gasteiger partial charge in [-0.15, -0.1) is 5.10 Å². The van der Waals surface area contributed by atoms with E-state index in [0.717, 1.165) is 30.8 Å². The van der Waals surface area contributed by atoms with E-state index >= 15 is 0 Å². The average Bonchev–Trinajstić information content (AvgIpc) is 2.52. The van der Waals surface area contributed by atoms with Gasteiger partial charge in [0.25, 0.3) is 0 Å². The molecule has 6 heteroatoms. The van der Waals surface area contributed by atoms with Crippen LogP contribution in [-0.2, 0) is 4.79 Å². The summed E-state index contributed by atoms with van der Waals surface area (Å²) >= 11 is 1.15. The highest BCUT2D eigenvalue weighted by Crippen LogP contribution is 2.30. The van der Waals surface area contributed by atoms with Gasteiger partial charge < -0.3 is 11.1 Å². The maximum atomic E-state index is 11.5. The van der Waals surface area contributed by atoms with Gasteiger partial charge in [0.1, 0.15) is 5.00 Å². The first-order valence-electron chi connectivity index (χ1n) is 4.08. The lowest BCUT2D eigenvalue weighted by Crippen LogP contribution is -2.56. The van der Waals surface area contributed by atoms with E-state index in [1.54, 1.807) is 0 Å². The molecule has 1 aromatic heterocycles. The number of hydrogen-bond acceptors (Lipinski definition) is 5. The zero-order valence-electron chi connectivity index (χ0n) is 6.99. The van der Waals surface area contributed by atoms with Gasteiger partial charge in [0.05, 0.1) is 11.7 Å². The number of carbonyl (C=O) groups is 1. The lowest BCUT2D eigenvalue weighted by Gasteiger charge is -2.35. The Morgan fingerprint density at radius 3 is 2.92 bits per heavy atom. The third kappa shape index (κ3) is 1.54. The van der Waals surface area contributed by atoms with Gasteiger partial charge in [0.2, 0.25) is 5.91 Å². The Bertz CT molecular complexity index is 306. The highest BCUT2D eigenvalue weighted by atomic mass is 32.1. The summed E-state index contributed by atoms with van der Waals surface area (Å²) in [7, 11) is 0. The van der Waals surface area contributed by atoms with Crippen LogP contribution in [0.5, 0.6) is 0 Å². The van der Waals surface area contributed by atoms with Crippen LogP contribution >= 0.6 is 11.5 Å². The Hall–Kier alpha value is -1.01. The highest BCUT2D eigenvalue weighted by Gasteiger charge is 2.40. The van der Waals surface area contributed by atoms with Gasteiger partial charge in [-0.1, -0.05) is 4.49 Å². The number of carbonyl (C=O) groups excluding carboxylic acids is 1. The van der Waals surface area contributed by atoms with Crippen LogP contribution < -0.4 is 11.1 Å². The molecule has 1 fully saturated rings. The number of nitrogens with two attached hydrogens (primary N) is 1. The first kappa shape index (κ1) is 8.58. The fourth-order valence-corrected chi connectivity index (χ4v) is 1.66. The maximum Gasteiger partial charge on any atom is 0.245 e. The molecule has 1 aliphatic rings. The molecule has 0 unspecified atom stereocenters. The fraction of sp³-hybridized carbons (Fsp3) is 0.571. The van der Waals surface area contributed by atoms with E-state index in [0.29, 0.717) is 5.00 Å². The number of hydrogen-bond donors (Lipinski definition) is 2. The molecular formula is C7H10N4OS. The van der Waals surface area contributed by atoms with Crippen molar-refractivity contribution >= 4 is 22.4 Å². The predicted molar refractivity (Wildman–Crippen MR) is 49.3 cm³/mol. The molecule has 3 N–H and O–H groups in total. The number of amides is 1. The minimum atomic E-state index is -0.649. The van der Waals surface area contributed by atoms with Gasteiger partial charge in [-0.25, -0.2) is 0 Å². The summed E-state index contributed by atoms with van der Waals surface area (Å²) in [6.45, 7) is 0. The van der Waals surface area contributed by atoms with E-state index < -0.39 is 5.54 Å². The summed E-state index contributed by atoms with van der Waals surface area (Å²) in [5.41, 5.74) is 5.17. The molecule has 0 spiro atoms. The van der Waals surface area contributed by atoms with Crippen molar-refractivity contribution in [3.05, 3.63) is 6.20 Å². The summed E-state index contributed by atoms with van der Waals surface area (Å²) in [5, 5.41) is 6.96. The Morgan fingerprint density at radius 2 is 2.46 bits per heavy atom. The molecule has 2 rings (SSSR count). The molecule has 0 atom stereocenters. The molecule has 1 heterocycles. The van der Waals surface area contributed by atoms with Crippen LogP contribution in [0.3, 0.4) is 0 Å². The second kappa shape index (κ2) is 3.04. The SMILES string of the molecule is NC1(C(=O)Nc2cnns2)CCC1. The van der Waals surface area contributed by atoms with Gasteiger partial charge in [0, 0.05) is 11.5 Å². The molecular weight excluding hydrogens is 188 g/mol. The topological polar surface area (TPSA) is 80.9 Å². The van der Waals surface area contributed by atoms with Crippen molar-refractivity contribution in [1.82, 2.24) is 9.59 Å². The van der Waals surface area contributed by atoms with Gasteiger partial charge in [-0.3, -0.25) is 4.79 Å². The average molecular weight is 198 g/mol. The molecule has 0 aromatic carbocycles. The van der Waals surface area contributed by atoms with E-state index in [2.05, 4.69) is 14.9 Å². The van der Waals surface area contributed by atoms with Crippen molar-refractivity contribution in [3.63, 3.8) is 0 Å². The molecule has 1 aliphatic carbocycles. The van der Waals surface area contributed by atoms with Crippen molar-refractivity contribution in [1.29, 1.82) is 0 Å². The van der Waals surface area contributed by atoms with Crippen molar-refractivity contribution in [2.24, 2.45) is 5.73 Å². The van der Waals surface area contributed by atoms with E-state index in [-0.39, 0.29) is 5.91 Å². The lowest BCUT2D eigenvalue weighted by atomic mass is 9.77. The fourth-order valence-electron chi connectivity index (χ4n) is 1.24. The Kier molecular flexibility index (Phi) is 2.01. The molecule has 0 aliphatic heterocycles. The Labute approximate surface area is 79.5 Å². The quantitative estimate of drug-likeness (QED) is 0.718. The van der Waals surface area contributed by atoms with Crippen molar-refractivity contribution in [2.75, 3.05) is 5.32 Å². The first-order valence-corrected chi connectivity index (χ1v) is 4.86. The molecule has 70 valence electrons. The maximum absolute atomic E-state index is 11.5. The summed E-state index contributed by atoms with van der Waals surface area (Å²) in [4.78, 5) is 11.5. The van der Waals surface area contributed by atoms with E-state index in [9.17, 15) is 4.79 Å². The second-order valence-electron chi connectivity index (χ2n) is 3.25. The second-order valence-corrected chi connectivity index (χ2v) is 4.03. The summed E-state index contributed by atoms with van der Waals surface area (Å²) < 4.78 is 3.64. The van der Waals surface area contributed by atoms with E-state index in [4.69, 9.17) is 5.73 Å². The van der Waals surface area contributed by atoms with Crippen molar-refractivity contribution in [2.45, 2.75) is 24.8 Å². The molecule has 1 amide bonds. The summed E-state index contributed by atoms with van der Waals surface area (Å²) in [5.74, 6) is -0.121. The zero-order chi connectivity index (χ0) is 9.31. The highest BCUT2D eigenvalue weighted by molar-refractivity contribution is 7.10. The molecule has 1 saturated carbocycles. The summed E-state index contributed by atoms with van der Waals surface area (Å²) in [6.07, 6.45) is 4.09. The number of nitrogens with one attached hydrogen (secondary N) is 1. The van der Waals surface area contributed by atoms with Crippen LogP contribution in [-0.4, -0.2) is 21.0 Å². The number of nitrogens with zero attached hydrogens (tertiary/aromatic N) is 2. The lowest BCUT2D eigenvalue weighted by molar-refractivity contribution is -0.123. The number of aromatic nitrogens is 2.